The molecule has 1 aromatic carbocycles. The third-order valence-electron chi connectivity index (χ3n) is 2.89. The van der Waals surface area contributed by atoms with Crippen LogP contribution in [-0.4, -0.2) is 27.3 Å². The van der Waals surface area contributed by atoms with E-state index < -0.39 is 0 Å². The van der Waals surface area contributed by atoms with Crippen LogP contribution in [0.15, 0.2) is 23.0 Å². The third kappa shape index (κ3) is 2.93. The number of carbonyl (C=O) groups is 1. The second-order valence-corrected chi connectivity index (χ2v) is 4.64. The molecule has 0 saturated heterocycles. The summed E-state index contributed by atoms with van der Waals surface area (Å²) in [5, 5.41) is 1.01. The Morgan fingerprint density at radius 3 is 2.84 bits per heavy atom. The van der Waals surface area contributed by atoms with Crippen LogP contribution in [0.3, 0.4) is 0 Å². The van der Waals surface area contributed by atoms with Gasteiger partial charge in [-0.05, 0) is 25.1 Å². The first kappa shape index (κ1) is 13.5. The molecule has 0 aliphatic heterocycles. The maximum Gasteiger partial charge on any atom is 0.258 e. The van der Waals surface area contributed by atoms with Crippen molar-refractivity contribution in [2.24, 2.45) is 0 Å². The van der Waals surface area contributed by atoms with Crippen molar-refractivity contribution in [2.75, 3.05) is 6.54 Å². The van der Waals surface area contributed by atoms with Crippen molar-refractivity contribution in [3.8, 4) is 0 Å². The van der Waals surface area contributed by atoms with Crippen LogP contribution in [0.2, 0.25) is 5.02 Å². The maximum absolute atomic E-state index is 11.9. The molecule has 0 radical (unpaired) electrons. The molecule has 100 valence electrons. The van der Waals surface area contributed by atoms with E-state index in [1.165, 1.54) is 6.92 Å². The molecule has 0 fully saturated rings. The quantitative estimate of drug-likeness (QED) is 0.934. The Hall–Kier alpha value is -1.88. The summed E-state index contributed by atoms with van der Waals surface area (Å²) >= 11 is 5.89. The number of aromatic amines is 1. The van der Waals surface area contributed by atoms with Crippen molar-refractivity contribution < 1.29 is 4.79 Å². The zero-order valence-corrected chi connectivity index (χ0v) is 11.5. The molecule has 0 spiro atoms. The fraction of sp³-hybridized carbons (Fsp3) is 0.308. The maximum atomic E-state index is 11.9. The predicted molar refractivity (Wildman–Crippen MR) is 74.1 cm³/mol. The molecule has 19 heavy (non-hydrogen) atoms. The summed E-state index contributed by atoms with van der Waals surface area (Å²) in [5.41, 5.74) is 0.308. The number of nitrogens with one attached hydrogen (secondary N) is 1. The van der Waals surface area contributed by atoms with E-state index in [1.54, 1.807) is 23.1 Å². The monoisotopic (exact) mass is 279 g/mol. The molecule has 5 nitrogen and oxygen atoms in total. The third-order valence-corrected chi connectivity index (χ3v) is 3.12. The van der Waals surface area contributed by atoms with Crippen LogP contribution >= 0.6 is 11.6 Å². The molecule has 0 aliphatic rings. The highest BCUT2D eigenvalue weighted by Crippen LogP contribution is 2.14. The number of amides is 1. The van der Waals surface area contributed by atoms with Crippen LogP contribution in [-0.2, 0) is 11.3 Å². The van der Waals surface area contributed by atoms with E-state index in [9.17, 15) is 9.59 Å². The van der Waals surface area contributed by atoms with E-state index in [-0.39, 0.29) is 18.0 Å². The Morgan fingerprint density at radius 1 is 1.47 bits per heavy atom. The highest BCUT2D eigenvalue weighted by molar-refractivity contribution is 6.31. The molecule has 1 N–H and O–H groups in total. The van der Waals surface area contributed by atoms with Crippen LogP contribution in [0.25, 0.3) is 10.9 Å². The number of rotatable bonds is 3. The van der Waals surface area contributed by atoms with Crippen molar-refractivity contribution in [3.63, 3.8) is 0 Å². The minimum absolute atomic E-state index is 0.0589. The van der Waals surface area contributed by atoms with Gasteiger partial charge in [0, 0.05) is 18.5 Å². The molecule has 2 aromatic rings. The summed E-state index contributed by atoms with van der Waals surface area (Å²) in [6, 6.07) is 4.92. The number of benzene rings is 1. The number of H-pyrrole nitrogens is 1. The van der Waals surface area contributed by atoms with Gasteiger partial charge in [0.15, 0.2) is 0 Å². The Labute approximate surface area is 115 Å². The lowest BCUT2D eigenvalue weighted by molar-refractivity contribution is -0.129. The number of hydrogen-bond acceptors (Lipinski definition) is 3. The van der Waals surface area contributed by atoms with Crippen molar-refractivity contribution in [3.05, 3.63) is 39.4 Å². The van der Waals surface area contributed by atoms with Crippen LogP contribution < -0.4 is 5.56 Å². The minimum atomic E-state index is -0.226. The van der Waals surface area contributed by atoms with Crippen molar-refractivity contribution in [2.45, 2.75) is 20.4 Å². The lowest BCUT2D eigenvalue weighted by Gasteiger charge is -2.18. The Kier molecular flexibility index (Phi) is 3.85. The highest BCUT2D eigenvalue weighted by Gasteiger charge is 2.10. The van der Waals surface area contributed by atoms with Gasteiger partial charge < -0.3 is 9.88 Å². The lowest BCUT2D eigenvalue weighted by Crippen LogP contribution is -2.29. The molecule has 0 atom stereocenters. The van der Waals surface area contributed by atoms with Gasteiger partial charge in [-0.25, -0.2) is 4.98 Å². The topological polar surface area (TPSA) is 66.1 Å². The molecular formula is C13H14ClN3O2. The average Bonchev–Trinajstić information content (AvgIpc) is 2.35. The zero-order valence-electron chi connectivity index (χ0n) is 10.7. The average molecular weight is 280 g/mol. The summed E-state index contributed by atoms with van der Waals surface area (Å²) < 4.78 is 0. The zero-order chi connectivity index (χ0) is 14.0. The van der Waals surface area contributed by atoms with Crippen LogP contribution in [0, 0.1) is 0 Å². The second-order valence-electron chi connectivity index (χ2n) is 4.21. The first-order valence-corrected chi connectivity index (χ1v) is 6.33. The summed E-state index contributed by atoms with van der Waals surface area (Å²) in [6.07, 6.45) is 0. The van der Waals surface area contributed by atoms with E-state index >= 15 is 0 Å². The molecule has 1 amide bonds. The number of nitrogens with zero attached hydrogens (tertiary/aromatic N) is 2. The normalized spacial score (nSPS) is 10.7. The molecule has 1 aromatic heterocycles. The van der Waals surface area contributed by atoms with Gasteiger partial charge in [-0.1, -0.05) is 11.6 Å². The standard InChI is InChI=1S/C13H14ClN3O2/c1-3-17(8(2)18)7-12-15-11-6-9(14)4-5-10(11)13(19)16-12/h4-6H,3,7H2,1-2H3,(H,15,16,19). The van der Waals surface area contributed by atoms with E-state index in [4.69, 9.17) is 11.6 Å². The molecule has 0 aliphatic carbocycles. The molecule has 6 heteroatoms. The van der Waals surface area contributed by atoms with Crippen LogP contribution in [0.4, 0.5) is 0 Å². The molecular weight excluding hydrogens is 266 g/mol. The number of halogens is 1. The molecule has 1 heterocycles. The van der Waals surface area contributed by atoms with E-state index in [0.717, 1.165) is 0 Å². The summed E-state index contributed by atoms with van der Waals surface area (Å²) in [7, 11) is 0. The fourth-order valence-electron chi connectivity index (χ4n) is 1.86. The number of carbonyl (C=O) groups excluding carboxylic acids is 1. The Morgan fingerprint density at radius 2 is 2.21 bits per heavy atom. The lowest BCUT2D eigenvalue weighted by atomic mass is 10.2. The van der Waals surface area contributed by atoms with Crippen molar-refractivity contribution in [1.29, 1.82) is 0 Å². The smallest absolute Gasteiger partial charge is 0.258 e. The Balaban J connectivity index is 2.45. The largest absolute Gasteiger partial charge is 0.336 e. The van der Waals surface area contributed by atoms with E-state index in [2.05, 4.69) is 9.97 Å². The number of hydrogen-bond donors (Lipinski definition) is 1. The van der Waals surface area contributed by atoms with Crippen molar-refractivity contribution in [1.82, 2.24) is 14.9 Å². The van der Waals surface area contributed by atoms with Gasteiger partial charge in [-0.3, -0.25) is 9.59 Å². The summed E-state index contributed by atoms with van der Waals surface area (Å²) in [6.45, 7) is 4.20. The van der Waals surface area contributed by atoms with Gasteiger partial charge >= 0.3 is 0 Å². The van der Waals surface area contributed by atoms with Gasteiger partial charge in [0.25, 0.3) is 5.56 Å². The van der Waals surface area contributed by atoms with Gasteiger partial charge in [0.05, 0.1) is 17.4 Å². The number of aromatic nitrogens is 2. The first-order valence-electron chi connectivity index (χ1n) is 5.95. The Bertz CT molecular complexity index is 681. The first-order chi connectivity index (χ1) is 9.01. The van der Waals surface area contributed by atoms with Crippen LogP contribution in [0.5, 0.6) is 0 Å². The molecule has 2 rings (SSSR count). The SMILES string of the molecule is CCN(Cc1nc2cc(Cl)ccc2c(=O)[nH]1)C(C)=O. The van der Waals surface area contributed by atoms with E-state index in [0.29, 0.717) is 28.3 Å². The minimum Gasteiger partial charge on any atom is -0.336 e. The molecule has 0 unspecified atom stereocenters. The van der Waals surface area contributed by atoms with Crippen molar-refractivity contribution >= 4 is 28.4 Å². The predicted octanol–water partition coefficient (Wildman–Crippen LogP) is 1.94. The second kappa shape index (κ2) is 5.40. The van der Waals surface area contributed by atoms with Gasteiger partial charge in [0.1, 0.15) is 5.82 Å². The van der Waals surface area contributed by atoms with Gasteiger partial charge in [0.2, 0.25) is 5.91 Å². The van der Waals surface area contributed by atoms with E-state index in [1.807, 2.05) is 6.92 Å². The molecule has 0 bridgehead atoms. The summed E-state index contributed by atoms with van der Waals surface area (Å²) in [5.74, 6) is 0.396. The van der Waals surface area contributed by atoms with Crippen LogP contribution in [0.1, 0.15) is 19.7 Å². The van der Waals surface area contributed by atoms with Gasteiger partial charge in [-0.2, -0.15) is 0 Å². The highest BCUT2D eigenvalue weighted by atomic mass is 35.5. The molecule has 0 saturated carbocycles. The summed E-state index contributed by atoms with van der Waals surface area (Å²) in [4.78, 5) is 31.9. The number of fused-ring (bicyclic) bond motifs is 1. The van der Waals surface area contributed by atoms with Gasteiger partial charge in [-0.15, -0.1) is 0 Å². The fourth-order valence-corrected chi connectivity index (χ4v) is 2.03.